The smallest absolute Gasteiger partial charge is 0.161 e. The third-order valence-corrected chi connectivity index (χ3v) is 4.00. The molecule has 0 aliphatic carbocycles. The van der Waals surface area contributed by atoms with E-state index in [1.807, 2.05) is 37.3 Å². The molecule has 1 aromatic rings. The van der Waals surface area contributed by atoms with Crippen molar-refractivity contribution in [3.8, 4) is 11.5 Å². The van der Waals surface area contributed by atoms with Gasteiger partial charge in [-0.1, -0.05) is 18.2 Å². The van der Waals surface area contributed by atoms with Crippen molar-refractivity contribution in [3.63, 3.8) is 0 Å². The summed E-state index contributed by atoms with van der Waals surface area (Å²) in [6, 6.07) is 5.72. The summed E-state index contributed by atoms with van der Waals surface area (Å²) in [6.45, 7) is 4.39. The van der Waals surface area contributed by atoms with E-state index in [4.69, 9.17) is 9.47 Å². The van der Waals surface area contributed by atoms with Crippen LogP contribution in [0.5, 0.6) is 11.5 Å². The minimum atomic E-state index is -0.565. The zero-order valence-electron chi connectivity index (χ0n) is 13.9. The van der Waals surface area contributed by atoms with E-state index < -0.39 is 6.10 Å². The lowest BCUT2D eigenvalue weighted by Crippen LogP contribution is -2.41. The second kappa shape index (κ2) is 8.91. The lowest BCUT2D eigenvalue weighted by Gasteiger charge is -2.30. The molecular weight excluding hydrogens is 294 g/mol. The number of aliphatic hydroxyl groups is 2. The molecule has 0 amide bonds. The Morgan fingerprint density at radius 1 is 1.30 bits per heavy atom. The molecule has 0 bridgehead atoms. The summed E-state index contributed by atoms with van der Waals surface area (Å²) in [5.74, 6) is 1.29. The monoisotopic (exact) mass is 321 g/mol. The molecule has 5 heteroatoms. The molecule has 1 aliphatic heterocycles. The van der Waals surface area contributed by atoms with E-state index in [1.54, 1.807) is 7.11 Å². The highest BCUT2D eigenvalue weighted by Crippen LogP contribution is 2.28. The Bertz CT molecular complexity index is 510. The number of hydrogen-bond donors (Lipinski definition) is 2. The largest absolute Gasteiger partial charge is 0.493 e. The maximum atomic E-state index is 10.1. The Kier molecular flexibility index (Phi) is 6.89. The average molecular weight is 321 g/mol. The van der Waals surface area contributed by atoms with Crippen LogP contribution in [0.2, 0.25) is 0 Å². The molecule has 2 rings (SSSR count). The van der Waals surface area contributed by atoms with Crippen molar-refractivity contribution in [3.05, 3.63) is 29.8 Å². The second-order valence-corrected chi connectivity index (χ2v) is 5.91. The van der Waals surface area contributed by atoms with Crippen LogP contribution in [0, 0.1) is 0 Å². The number of piperidine rings is 1. The van der Waals surface area contributed by atoms with Crippen LogP contribution >= 0.6 is 0 Å². The van der Waals surface area contributed by atoms with Gasteiger partial charge in [0, 0.05) is 19.6 Å². The normalized spacial score (nSPS) is 18.3. The maximum Gasteiger partial charge on any atom is 0.161 e. The summed E-state index contributed by atoms with van der Waals surface area (Å²) >= 11 is 0. The van der Waals surface area contributed by atoms with Crippen molar-refractivity contribution in [2.45, 2.75) is 32.0 Å². The zero-order valence-corrected chi connectivity index (χ0v) is 13.9. The van der Waals surface area contributed by atoms with Gasteiger partial charge in [0.2, 0.25) is 0 Å². The first-order chi connectivity index (χ1) is 11.1. The van der Waals surface area contributed by atoms with E-state index in [-0.39, 0.29) is 12.7 Å². The van der Waals surface area contributed by atoms with Crippen molar-refractivity contribution >= 4 is 6.08 Å². The van der Waals surface area contributed by atoms with Crippen LogP contribution in [0.3, 0.4) is 0 Å². The summed E-state index contributed by atoms with van der Waals surface area (Å²) in [5, 5.41) is 19.6. The van der Waals surface area contributed by atoms with Gasteiger partial charge in [-0.25, -0.2) is 0 Å². The first-order valence-electron chi connectivity index (χ1n) is 8.14. The number of hydrogen-bond acceptors (Lipinski definition) is 5. The van der Waals surface area contributed by atoms with E-state index in [2.05, 4.69) is 4.90 Å². The van der Waals surface area contributed by atoms with Gasteiger partial charge >= 0.3 is 0 Å². The van der Waals surface area contributed by atoms with Gasteiger partial charge in [0.15, 0.2) is 11.5 Å². The molecule has 128 valence electrons. The van der Waals surface area contributed by atoms with Gasteiger partial charge in [-0.15, -0.1) is 0 Å². The number of benzene rings is 1. The number of nitrogens with zero attached hydrogens (tertiary/aromatic N) is 1. The van der Waals surface area contributed by atoms with Crippen molar-refractivity contribution in [1.29, 1.82) is 0 Å². The van der Waals surface area contributed by atoms with Gasteiger partial charge in [-0.05, 0) is 37.5 Å². The Labute approximate surface area is 138 Å². The number of likely N-dealkylation sites (tertiary alicyclic amines) is 1. The third kappa shape index (κ3) is 5.53. The molecular formula is C18H27NO4. The van der Waals surface area contributed by atoms with E-state index in [0.717, 1.165) is 31.5 Å². The van der Waals surface area contributed by atoms with Gasteiger partial charge < -0.3 is 24.6 Å². The summed E-state index contributed by atoms with van der Waals surface area (Å²) in [4.78, 5) is 2.16. The number of allylic oxidation sites excluding steroid dienone is 1. The molecule has 1 saturated heterocycles. The van der Waals surface area contributed by atoms with Crippen LogP contribution in [-0.4, -0.2) is 60.7 Å². The quantitative estimate of drug-likeness (QED) is 0.803. The first-order valence-corrected chi connectivity index (χ1v) is 8.14. The van der Waals surface area contributed by atoms with Crippen LogP contribution < -0.4 is 9.47 Å². The fraction of sp³-hybridized carbons (Fsp3) is 0.556. The van der Waals surface area contributed by atoms with Gasteiger partial charge in [-0.3, -0.25) is 0 Å². The molecule has 0 saturated carbocycles. The van der Waals surface area contributed by atoms with Crippen LogP contribution in [-0.2, 0) is 0 Å². The van der Waals surface area contributed by atoms with E-state index in [0.29, 0.717) is 18.0 Å². The van der Waals surface area contributed by atoms with E-state index in [1.165, 1.54) is 0 Å². The van der Waals surface area contributed by atoms with Crippen LogP contribution in [0.25, 0.3) is 6.08 Å². The van der Waals surface area contributed by atoms with Crippen LogP contribution in [0.1, 0.15) is 25.3 Å². The minimum Gasteiger partial charge on any atom is -0.493 e. The molecule has 2 N–H and O–H groups in total. The summed E-state index contributed by atoms with van der Waals surface area (Å²) < 4.78 is 11.1. The van der Waals surface area contributed by atoms with Crippen molar-refractivity contribution in [2.75, 3.05) is 33.4 Å². The number of methoxy groups -OCH3 is 1. The third-order valence-electron chi connectivity index (χ3n) is 4.00. The minimum absolute atomic E-state index is 0.195. The summed E-state index contributed by atoms with van der Waals surface area (Å²) in [6.07, 6.45) is 4.74. The highest BCUT2D eigenvalue weighted by molar-refractivity contribution is 5.55. The lowest BCUT2D eigenvalue weighted by atomic mass is 10.1. The lowest BCUT2D eigenvalue weighted by molar-refractivity contribution is 0.0333. The van der Waals surface area contributed by atoms with Crippen LogP contribution in [0.4, 0.5) is 0 Å². The fourth-order valence-electron chi connectivity index (χ4n) is 2.74. The van der Waals surface area contributed by atoms with Gasteiger partial charge in [-0.2, -0.15) is 0 Å². The number of aliphatic hydroxyl groups excluding tert-OH is 2. The highest BCUT2D eigenvalue weighted by Gasteiger charge is 2.19. The molecule has 1 heterocycles. The fourth-order valence-corrected chi connectivity index (χ4v) is 2.74. The number of rotatable bonds is 7. The molecule has 1 fully saturated rings. The molecule has 1 aliphatic rings. The van der Waals surface area contributed by atoms with Gasteiger partial charge in [0.1, 0.15) is 12.7 Å². The van der Waals surface area contributed by atoms with Crippen molar-refractivity contribution < 1.29 is 19.7 Å². The van der Waals surface area contributed by atoms with Crippen LogP contribution in [0.15, 0.2) is 24.3 Å². The topological polar surface area (TPSA) is 62.2 Å². The number of β-amino-alcohol motifs (C(OH)–C–C–N with tert-alkyl or cyclic N) is 1. The van der Waals surface area contributed by atoms with Crippen molar-refractivity contribution in [2.24, 2.45) is 0 Å². The SMILES string of the molecule is C/C=C/c1ccc(OC[C@@H](O)CN2CCC(O)CC2)c(OC)c1. The van der Waals surface area contributed by atoms with Gasteiger partial charge in [0.05, 0.1) is 13.2 Å². The molecule has 0 spiro atoms. The Hall–Kier alpha value is -1.56. The average Bonchev–Trinajstić information content (AvgIpc) is 2.56. The molecule has 1 atom stereocenters. The summed E-state index contributed by atoms with van der Waals surface area (Å²) in [7, 11) is 1.61. The van der Waals surface area contributed by atoms with Crippen molar-refractivity contribution in [1.82, 2.24) is 4.90 Å². The molecule has 5 nitrogen and oxygen atoms in total. The standard InChI is InChI=1S/C18H27NO4/c1-3-4-14-5-6-17(18(11-14)22-2)23-13-16(21)12-19-9-7-15(20)8-10-19/h3-6,11,15-16,20-21H,7-10,12-13H2,1-2H3/b4-3+/t16-/m0/s1. The predicted octanol–water partition coefficient (Wildman–Crippen LogP) is 1.92. The highest BCUT2D eigenvalue weighted by atomic mass is 16.5. The Balaban J connectivity index is 1.84. The predicted molar refractivity (Wildman–Crippen MR) is 90.9 cm³/mol. The first kappa shape index (κ1) is 17.8. The molecule has 1 aromatic carbocycles. The summed E-state index contributed by atoms with van der Waals surface area (Å²) in [5.41, 5.74) is 1.05. The molecule has 23 heavy (non-hydrogen) atoms. The number of ether oxygens (including phenoxy) is 2. The molecule has 0 radical (unpaired) electrons. The Morgan fingerprint density at radius 3 is 2.70 bits per heavy atom. The Morgan fingerprint density at radius 2 is 2.04 bits per heavy atom. The zero-order chi connectivity index (χ0) is 16.7. The van der Waals surface area contributed by atoms with E-state index in [9.17, 15) is 10.2 Å². The maximum absolute atomic E-state index is 10.1. The molecule has 0 unspecified atom stereocenters. The molecule has 0 aromatic heterocycles. The van der Waals surface area contributed by atoms with E-state index >= 15 is 0 Å². The van der Waals surface area contributed by atoms with Gasteiger partial charge in [0.25, 0.3) is 0 Å². The second-order valence-electron chi connectivity index (χ2n) is 5.91.